The van der Waals surface area contributed by atoms with Crippen LogP contribution in [0.25, 0.3) is 0 Å². The van der Waals surface area contributed by atoms with Crippen LogP contribution < -0.4 is 10.1 Å². The maximum atomic E-state index is 12.8. The average molecular weight is 503 g/mol. The van der Waals surface area contributed by atoms with Crippen molar-refractivity contribution in [3.8, 4) is 5.75 Å². The molecular weight excluding hydrogens is 480 g/mol. The summed E-state index contributed by atoms with van der Waals surface area (Å²) in [7, 11) is -2.10. The first-order chi connectivity index (χ1) is 14.8. The number of amides is 1. The summed E-state index contributed by atoms with van der Waals surface area (Å²) in [6.07, 6.45) is 0. The molecule has 0 aromatic heterocycles. The van der Waals surface area contributed by atoms with Crippen molar-refractivity contribution in [2.75, 3.05) is 19.0 Å². The lowest BCUT2D eigenvalue weighted by Crippen LogP contribution is -2.26. The Bertz CT molecular complexity index is 1150. The second-order valence-corrected chi connectivity index (χ2v) is 9.98. The summed E-state index contributed by atoms with van der Waals surface area (Å²) in [5, 5.41) is 2.71. The number of hydrogen-bond donors (Lipinski definition) is 1. The predicted octanol–water partition coefficient (Wildman–Crippen LogP) is 4.60. The molecule has 6 nitrogen and oxygen atoms in total. The summed E-state index contributed by atoms with van der Waals surface area (Å²) in [4.78, 5) is 12.3. The Kier molecular flexibility index (Phi) is 7.48. The second-order valence-electron chi connectivity index (χ2n) is 7.02. The van der Waals surface area contributed by atoms with E-state index in [0.717, 1.165) is 15.6 Å². The van der Waals surface area contributed by atoms with Crippen molar-refractivity contribution in [2.45, 2.75) is 18.4 Å². The van der Waals surface area contributed by atoms with E-state index in [1.807, 2.05) is 49.4 Å². The first-order valence-corrected chi connectivity index (χ1v) is 11.8. The molecule has 3 aromatic carbocycles. The third-order valence-electron chi connectivity index (χ3n) is 4.59. The maximum absolute atomic E-state index is 12.8. The summed E-state index contributed by atoms with van der Waals surface area (Å²) in [6, 6.07) is 21.0. The lowest BCUT2D eigenvalue weighted by Gasteiger charge is -2.17. The molecule has 31 heavy (non-hydrogen) atoms. The molecule has 0 atom stereocenters. The number of benzene rings is 3. The number of halogens is 1. The van der Waals surface area contributed by atoms with Crippen molar-refractivity contribution in [2.24, 2.45) is 0 Å². The Morgan fingerprint density at radius 3 is 2.35 bits per heavy atom. The van der Waals surface area contributed by atoms with E-state index in [2.05, 4.69) is 21.2 Å². The van der Waals surface area contributed by atoms with Gasteiger partial charge in [-0.1, -0.05) is 46.3 Å². The number of nitrogens with one attached hydrogen (secondary N) is 1. The van der Waals surface area contributed by atoms with Gasteiger partial charge in [0.2, 0.25) is 10.0 Å². The monoisotopic (exact) mass is 502 g/mol. The smallest absolute Gasteiger partial charge is 0.262 e. The molecule has 162 valence electrons. The molecule has 3 aromatic rings. The van der Waals surface area contributed by atoms with Gasteiger partial charge >= 0.3 is 0 Å². The van der Waals surface area contributed by atoms with E-state index < -0.39 is 10.0 Å². The van der Waals surface area contributed by atoms with E-state index in [1.165, 1.54) is 16.4 Å². The van der Waals surface area contributed by atoms with Gasteiger partial charge in [0.05, 0.1) is 4.90 Å². The number of carbonyl (C=O) groups excluding carboxylic acids is 1. The minimum atomic E-state index is -3.64. The molecule has 1 N–H and O–H groups in total. The lowest BCUT2D eigenvalue weighted by molar-refractivity contribution is -0.118. The minimum absolute atomic E-state index is 0.150. The van der Waals surface area contributed by atoms with Gasteiger partial charge in [0.25, 0.3) is 5.91 Å². The highest BCUT2D eigenvalue weighted by Crippen LogP contribution is 2.22. The number of carbonyl (C=O) groups is 1. The van der Waals surface area contributed by atoms with Crippen molar-refractivity contribution in [1.29, 1.82) is 0 Å². The quantitative estimate of drug-likeness (QED) is 0.488. The topological polar surface area (TPSA) is 75.7 Å². The summed E-state index contributed by atoms with van der Waals surface area (Å²) in [6.45, 7) is 2.02. The van der Waals surface area contributed by atoms with Crippen molar-refractivity contribution >= 4 is 37.5 Å². The van der Waals surface area contributed by atoms with E-state index in [9.17, 15) is 13.2 Å². The van der Waals surface area contributed by atoms with Crippen LogP contribution in [0.15, 0.2) is 82.2 Å². The maximum Gasteiger partial charge on any atom is 0.262 e. The van der Waals surface area contributed by atoms with Gasteiger partial charge in [-0.05, 0) is 60.5 Å². The number of rotatable bonds is 8. The second kappa shape index (κ2) is 10.1. The van der Waals surface area contributed by atoms with Crippen LogP contribution in [-0.4, -0.2) is 32.3 Å². The van der Waals surface area contributed by atoms with Crippen LogP contribution in [0, 0.1) is 6.92 Å². The summed E-state index contributed by atoms with van der Waals surface area (Å²) < 4.78 is 33.4. The van der Waals surface area contributed by atoms with Gasteiger partial charge in [-0.3, -0.25) is 4.79 Å². The van der Waals surface area contributed by atoms with Crippen molar-refractivity contribution in [3.05, 3.63) is 88.4 Å². The van der Waals surface area contributed by atoms with E-state index in [4.69, 9.17) is 4.74 Å². The summed E-state index contributed by atoms with van der Waals surface area (Å²) in [5.41, 5.74) is 2.31. The van der Waals surface area contributed by atoms with Gasteiger partial charge in [0.15, 0.2) is 6.61 Å². The molecule has 0 aliphatic carbocycles. The zero-order chi connectivity index (χ0) is 22.4. The number of ether oxygens (including phenoxy) is 1. The van der Waals surface area contributed by atoms with Gasteiger partial charge in [-0.2, -0.15) is 4.31 Å². The van der Waals surface area contributed by atoms with Gasteiger partial charge in [0.1, 0.15) is 5.75 Å². The van der Waals surface area contributed by atoms with E-state index in [1.54, 1.807) is 25.2 Å². The number of aryl methyl sites for hydroxylation is 1. The third kappa shape index (κ3) is 6.16. The first kappa shape index (κ1) is 23.0. The highest BCUT2D eigenvalue weighted by Gasteiger charge is 2.21. The highest BCUT2D eigenvalue weighted by molar-refractivity contribution is 9.10. The summed E-state index contributed by atoms with van der Waals surface area (Å²) >= 11 is 3.38. The molecule has 3 rings (SSSR count). The van der Waals surface area contributed by atoms with Crippen LogP contribution in [-0.2, 0) is 21.4 Å². The van der Waals surface area contributed by atoms with Gasteiger partial charge in [-0.25, -0.2) is 8.42 Å². The van der Waals surface area contributed by atoms with Crippen LogP contribution in [0.2, 0.25) is 0 Å². The fourth-order valence-electron chi connectivity index (χ4n) is 2.93. The lowest BCUT2D eigenvalue weighted by atomic mass is 10.2. The largest absolute Gasteiger partial charge is 0.483 e. The van der Waals surface area contributed by atoms with Crippen molar-refractivity contribution in [3.63, 3.8) is 0 Å². The van der Waals surface area contributed by atoms with Crippen LogP contribution >= 0.6 is 15.9 Å². The molecule has 0 spiro atoms. The Morgan fingerprint density at radius 1 is 1.03 bits per heavy atom. The number of hydrogen-bond acceptors (Lipinski definition) is 4. The number of sulfonamides is 1. The van der Waals surface area contributed by atoms with Gasteiger partial charge in [-0.15, -0.1) is 0 Å². The number of anilines is 1. The van der Waals surface area contributed by atoms with Crippen molar-refractivity contribution < 1.29 is 17.9 Å². The SMILES string of the molecule is Cc1cc(Br)ccc1OCC(=O)Nc1ccc(S(=O)(=O)N(C)Cc2ccccc2)cc1. The molecule has 0 radical (unpaired) electrons. The third-order valence-corrected chi connectivity index (χ3v) is 6.90. The molecule has 0 aliphatic rings. The normalized spacial score (nSPS) is 11.4. The molecule has 0 saturated carbocycles. The molecule has 0 unspecified atom stereocenters. The Labute approximate surface area is 191 Å². The Morgan fingerprint density at radius 2 is 1.71 bits per heavy atom. The van der Waals surface area contributed by atoms with Gasteiger partial charge in [0, 0.05) is 23.8 Å². The fraction of sp³-hybridized carbons (Fsp3) is 0.174. The zero-order valence-electron chi connectivity index (χ0n) is 17.2. The molecule has 0 bridgehead atoms. The molecule has 0 heterocycles. The molecular formula is C23H23BrN2O4S. The number of nitrogens with zero attached hydrogens (tertiary/aromatic N) is 1. The molecule has 0 saturated heterocycles. The van der Waals surface area contributed by atoms with E-state index in [-0.39, 0.29) is 24.0 Å². The van der Waals surface area contributed by atoms with Gasteiger partial charge < -0.3 is 10.1 Å². The average Bonchev–Trinajstić information content (AvgIpc) is 2.74. The highest BCUT2D eigenvalue weighted by atomic mass is 79.9. The predicted molar refractivity (Wildman–Crippen MR) is 125 cm³/mol. The standard InChI is InChI=1S/C23H23BrN2O4S/c1-17-14-19(24)8-13-22(17)30-16-23(27)25-20-9-11-21(12-10-20)31(28,29)26(2)15-18-6-4-3-5-7-18/h3-14H,15-16H2,1-2H3,(H,25,27). The van der Waals surface area contributed by atoms with Crippen molar-refractivity contribution in [1.82, 2.24) is 4.31 Å². The molecule has 0 aliphatic heterocycles. The fourth-order valence-corrected chi connectivity index (χ4v) is 4.57. The molecule has 1 amide bonds. The van der Waals surface area contributed by atoms with Crippen LogP contribution in [0.4, 0.5) is 5.69 Å². The summed E-state index contributed by atoms with van der Waals surface area (Å²) in [5.74, 6) is 0.292. The first-order valence-electron chi connectivity index (χ1n) is 9.55. The Hall–Kier alpha value is -2.68. The van der Waals surface area contributed by atoms with E-state index >= 15 is 0 Å². The molecule has 0 fully saturated rings. The zero-order valence-corrected chi connectivity index (χ0v) is 19.6. The minimum Gasteiger partial charge on any atom is -0.483 e. The van der Waals surface area contributed by atoms with E-state index in [0.29, 0.717) is 11.4 Å². The molecule has 8 heteroatoms. The van der Waals surface area contributed by atoms with Crippen LogP contribution in [0.1, 0.15) is 11.1 Å². The van der Waals surface area contributed by atoms with Crippen LogP contribution in [0.5, 0.6) is 5.75 Å². The van der Waals surface area contributed by atoms with Crippen LogP contribution in [0.3, 0.4) is 0 Å². The Balaban J connectivity index is 1.59.